The van der Waals surface area contributed by atoms with Crippen LogP contribution in [0.3, 0.4) is 0 Å². The van der Waals surface area contributed by atoms with Crippen LogP contribution in [0.15, 0.2) is 51.9 Å². The quantitative estimate of drug-likeness (QED) is 0.387. The molecule has 0 saturated carbocycles. The molecule has 25 heavy (non-hydrogen) atoms. The Balaban J connectivity index is 0.000000173. The molecule has 0 bridgehead atoms. The Morgan fingerprint density at radius 3 is 2.52 bits per heavy atom. The molecule has 6 nitrogen and oxygen atoms in total. The molecular formula is C17H16ClN5OS. The van der Waals surface area contributed by atoms with E-state index in [-0.39, 0.29) is 0 Å². The SMILES string of the molecule is Cc1nn(C)c(Cl)c1S.Nc1ccccc1-c1nc2ncccc2o1. The second-order valence-electron chi connectivity index (χ2n) is 5.28. The molecule has 0 aliphatic heterocycles. The minimum atomic E-state index is 0.506. The fourth-order valence-electron chi connectivity index (χ4n) is 2.19. The van der Waals surface area contributed by atoms with Gasteiger partial charge >= 0.3 is 0 Å². The number of hydrogen-bond donors (Lipinski definition) is 2. The number of aryl methyl sites for hydroxylation is 2. The molecule has 0 saturated heterocycles. The largest absolute Gasteiger partial charge is 0.434 e. The number of benzene rings is 1. The number of nitrogens with zero attached hydrogens (tertiary/aromatic N) is 4. The van der Waals surface area contributed by atoms with Gasteiger partial charge in [-0.3, -0.25) is 4.68 Å². The number of halogens is 1. The zero-order chi connectivity index (χ0) is 18.0. The summed E-state index contributed by atoms with van der Waals surface area (Å²) in [6, 6.07) is 11.1. The lowest BCUT2D eigenvalue weighted by atomic mass is 10.2. The van der Waals surface area contributed by atoms with Crippen molar-refractivity contribution in [3.63, 3.8) is 0 Å². The number of anilines is 1. The predicted octanol–water partition coefficient (Wildman–Crippen LogP) is 4.14. The second kappa shape index (κ2) is 7.16. The van der Waals surface area contributed by atoms with E-state index in [9.17, 15) is 0 Å². The second-order valence-corrected chi connectivity index (χ2v) is 6.09. The molecule has 0 amide bonds. The van der Waals surface area contributed by atoms with Gasteiger partial charge in [0.2, 0.25) is 5.89 Å². The van der Waals surface area contributed by atoms with Gasteiger partial charge in [-0.1, -0.05) is 23.7 Å². The highest BCUT2D eigenvalue weighted by atomic mass is 35.5. The number of oxazole rings is 1. The van der Waals surface area contributed by atoms with Crippen molar-refractivity contribution in [1.29, 1.82) is 0 Å². The van der Waals surface area contributed by atoms with Crippen LogP contribution in [0.25, 0.3) is 22.7 Å². The Labute approximate surface area is 155 Å². The molecule has 2 N–H and O–H groups in total. The van der Waals surface area contributed by atoms with E-state index in [1.54, 1.807) is 17.9 Å². The molecule has 4 aromatic rings. The summed E-state index contributed by atoms with van der Waals surface area (Å²) in [5.74, 6) is 0.506. The lowest BCUT2D eigenvalue weighted by Crippen LogP contribution is -1.88. The van der Waals surface area contributed by atoms with Crippen LogP contribution in [-0.4, -0.2) is 19.7 Å². The molecule has 0 radical (unpaired) electrons. The summed E-state index contributed by atoms with van der Waals surface area (Å²) < 4.78 is 7.18. The molecule has 4 rings (SSSR count). The van der Waals surface area contributed by atoms with E-state index in [0.29, 0.717) is 28.0 Å². The summed E-state index contributed by atoms with van der Waals surface area (Å²) in [4.78, 5) is 9.16. The van der Waals surface area contributed by atoms with Crippen LogP contribution in [0.2, 0.25) is 5.15 Å². The molecule has 0 fully saturated rings. The van der Waals surface area contributed by atoms with Gasteiger partial charge in [0, 0.05) is 18.9 Å². The highest BCUT2D eigenvalue weighted by Crippen LogP contribution is 2.27. The molecular weight excluding hydrogens is 358 g/mol. The van der Waals surface area contributed by atoms with Crippen molar-refractivity contribution < 1.29 is 4.42 Å². The van der Waals surface area contributed by atoms with Crippen LogP contribution in [-0.2, 0) is 7.05 Å². The van der Waals surface area contributed by atoms with Gasteiger partial charge in [-0.2, -0.15) is 10.1 Å². The van der Waals surface area contributed by atoms with Crippen molar-refractivity contribution in [1.82, 2.24) is 19.7 Å². The fourth-order valence-corrected chi connectivity index (χ4v) is 2.56. The first-order valence-corrected chi connectivity index (χ1v) is 8.24. The Hall–Kier alpha value is -2.51. The first kappa shape index (κ1) is 17.3. The third-order valence-corrected chi connectivity index (χ3v) is 4.58. The summed E-state index contributed by atoms with van der Waals surface area (Å²) in [5, 5.41) is 4.61. The summed E-state index contributed by atoms with van der Waals surface area (Å²) in [7, 11) is 1.79. The summed E-state index contributed by atoms with van der Waals surface area (Å²) >= 11 is 9.84. The molecule has 3 aromatic heterocycles. The van der Waals surface area contributed by atoms with Crippen LogP contribution in [0.1, 0.15) is 5.69 Å². The maximum absolute atomic E-state index is 5.85. The topological polar surface area (TPSA) is 82.8 Å². The average Bonchev–Trinajstić information content (AvgIpc) is 3.13. The average molecular weight is 374 g/mol. The van der Waals surface area contributed by atoms with E-state index in [2.05, 4.69) is 27.7 Å². The van der Waals surface area contributed by atoms with Gasteiger partial charge in [0.15, 0.2) is 11.2 Å². The molecule has 0 unspecified atom stereocenters. The molecule has 0 aliphatic rings. The van der Waals surface area contributed by atoms with Crippen molar-refractivity contribution in [2.75, 3.05) is 5.73 Å². The Kier molecular flexibility index (Phi) is 4.96. The van der Waals surface area contributed by atoms with Crippen molar-refractivity contribution in [3.8, 4) is 11.5 Å². The minimum absolute atomic E-state index is 0.506. The van der Waals surface area contributed by atoms with Crippen LogP contribution in [0.5, 0.6) is 0 Å². The van der Waals surface area contributed by atoms with E-state index in [1.165, 1.54) is 0 Å². The van der Waals surface area contributed by atoms with Crippen molar-refractivity contribution in [2.45, 2.75) is 11.8 Å². The normalized spacial score (nSPS) is 10.6. The highest BCUT2D eigenvalue weighted by molar-refractivity contribution is 7.80. The first-order valence-electron chi connectivity index (χ1n) is 7.42. The van der Waals surface area contributed by atoms with Crippen LogP contribution >= 0.6 is 24.2 Å². The maximum Gasteiger partial charge on any atom is 0.230 e. The van der Waals surface area contributed by atoms with Gasteiger partial charge in [-0.25, -0.2) is 4.98 Å². The minimum Gasteiger partial charge on any atom is -0.434 e. The summed E-state index contributed by atoms with van der Waals surface area (Å²) in [5.41, 5.74) is 9.43. The number of rotatable bonds is 1. The lowest BCUT2D eigenvalue weighted by Gasteiger charge is -1.98. The molecule has 0 spiro atoms. The number of nitrogen functional groups attached to an aromatic ring is 1. The van der Waals surface area contributed by atoms with Crippen molar-refractivity contribution >= 4 is 41.1 Å². The Morgan fingerprint density at radius 1 is 1.20 bits per heavy atom. The maximum atomic E-state index is 5.85. The first-order chi connectivity index (χ1) is 12.0. The van der Waals surface area contributed by atoms with E-state index in [0.717, 1.165) is 16.2 Å². The number of para-hydroxylation sites is 1. The molecule has 128 valence electrons. The van der Waals surface area contributed by atoms with Crippen LogP contribution < -0.4 is 5.73 Å². The standard InChI is InChI=1S/C12H9N3O.C5H7ClN2S/c13-9-5-2-1-4-8(9)12-15-11-10(16-12)6-3-7-14-11;1-3-4(9)5(6)8(2)7-3/h1-7H,13H2;9H,1-2H3. The van der Waals surface area contributed by atoms with Crippen molar-refractivity contribution in [3.05, 3.63) is 53.4 Å². The van der Waals surface area contributed by atoms with E-state index in [1.807, 2.05) is 43.3 Å². The fraction of sp³-hybridized carbons (Fsp3) is 0.118. The van der Waals surface area contributed by atoms with Crippen LogP contribution in [0.4, 0.5) is 5.69 Å². The zero-order valence-corrected chi connectivity index (χ0v) is 15.3. The zero-order valence-electron chi connectivity index (χ0n) is 13.6. The smallest absolute Gasteiger partial charge is 0.230 e. The molecule has 1 aromatic carbocycles. The Bertz CT molecular complexity index is 971. The number of thiol groups is 1. The van der Waals surface area contributed by atoms with E-state index >= 15 is 0 Å². The van der Waals surface area contributed by atoms with Gasteiger partial charge < -0.3 is 10.2 Å². The summed E-state index contributed by atoms with van der Waals surface area (Å²) in [6.45, 7) is 1.87. The van der Waals surface area contributed by atoms with Gasteiger partial charge in [-0.15, -0.1) is 12.6 Å². The number of pyridine rings is 1. The third-order valence-electron chi connectivity index (χ3n) is 3.48. The summed E-state index contributed by atoms with van der Waals surface area (Å²) in [6.07, 6.45) is 1.68. The molecule has 8 heteroatoms. The van der Waals surface area contributed by atoms with Crippen molar-refractivity contribution in [2.24, 2.45) is 7.05 Å². The molecule has 0 aliphatic carbocycles. The molecule has 0 atom stereocenters. The number of aromatic nitrogens is 4. The van der Waals surface area contributed by atoms with Gasteiger partial charge in [-0.05, 0) is 31.2 Å². The molecule has 3 heterocycles. The third kappa shape index (κ3) is 3.62. The predicted molar refractivity (Wildman–Crippen MR) is 102 cm³/mol. The lowest BCUT2D eigenvalue weighted by molar-refractivity contribution is 0.620. The van der Waals surface area contributed by atoms with E-state index in [4.69, 9.17) is 21.8 Å². The monoisotopic (exact) mass is 373 g/mol. The highest BCUT2D eigenvalue weighted by Gasteiger charge is 2.10. The van der Waals surface area contributed by atoms with Gasteiger partial charge in [0.25, 0.3) is 0 Å². The Morgan fingerprint density at radius 2 is 1.96 bits per heavy atom. The van der Waals surface area contributed by atoms with Crippen LogP contribution in [0, 0.1) is 6.92 Å². The van der Waals surface area contributed by atoms with Gasteiger partial charge in [0.05, 0.1) is 16.2 Å². The number of nitrogens with two attached hydrogens (primary N) is 1. The van der Waals surface area contributed by atoms with Gasteiger partial charge in [0.1, 0.15) is 5.15 Å². The number of hydrogen-bond acceptors (Lipinski definition) is 6. The number of fused-ring (bicyclic) bond motifs is 1. The van der Waals surface area contributed by atoms with E-state index < -0.39 is 0 Å².